The van der Waals surface area contributed by atoms with Crippen molar-refractivity contribution in [3.05, 3.63) is 69.6 Å². The number of ketones is 1. The Morgan fingerprint density at radius 2 is 1.91 bits per heavy atom. The monoisotopic (exact) mass is 442 g/mol. The van der Waals surface area contributed by atoms with E-state index < -0.39 is 0 Å². The lowest BCUT2D eigenvalue weighted by Crippen LogP contribution is -2.08. The number of benzene rings is 1. The van der Waals surface area contributed by atoms with Crippen molar-refractivity contribution in [2.24, 2.45) is 0 Å². The van der Waals surface area contributed by atoms with Crippen molar-refractivity contribution < 1.29 is 4.79 Å². The van der Waals surface area contributed by atoms with E-state index in [9.17, 15) is 4.79 Å². The molecule has 0 atom stereocenters. The van der Waals surface area contributed by atoms with Crippen molar-refractivity contribution >= 4 is 17.1 Å². The number of aromatic nitrogens is 4. The van der Waals surface area contributed by atoms with Crippen LogP contribution < -0.4 is 0 Å². The Morgan fingerprint density at radius 1 is 1.12 bits per heavy atom. The van der Waals surface area contributed by atoms with Crippen molar-refractivity contribution in [1.29, 1.82) is 0 Å². The molecule has 0 unspecified atom stereocenters. The molecule has 0 bridgehead atoms. The maximum Gasteiger partial charge on any atom is 0.136 e. The van der Waals surface area contributed by atoms with Crippen molar-refractivity contribution in [2.45, 2.75) is 53.4 Å². The van der Waals surface area contributed by atoms with Crippen LogP contribution in [0.2, 0.25) is 0 Å². The third-order valence-corrected chi connectivity index (χ3v) is 7.17. The molecule has 5 rings (SSSR count). The maximum atomic E-state index is 11.7. The fourth-order valence-electron chi connectivity index (χ4n) is 4.51. The van der Waals surface area contributed by atoms with Gasteiger partial charge in [-0.15, -0.1) is 11.3 Å². The lowest BCUT2D eigenvalue weighted by molar-refractivity contribution is -0.116. The van der Waals surface area contributed by atoms with Crippen LogP contribution in [0, 0.1) is 13.8 Å². The molecule has 6 heteroatoms. The molecule has 0 fully saturated rings. The van der Waals surface area contributed by atoms with Gasteiger partial charge in [-0.3, -0.25) is 9.78 Å². The molecule has 1 aliphatic carbocycles. The van der Waals surface area contributed by atoms with Gasteiger partial charge in [0.2, 0.25) is 0 Å². The summed E-state index contributed by atoms with van der Waals surface area (Å²) in [5.41, 5.74) is 10.0. The predicted octanol–water partition coefficient (Wildman–Crippen LogP) is 5.47. The van der Waals surface area contributed by atoms with Crippen LogP contribution in [0.3, 0.4) is 0 Å². The van der Waals surface area contributed by atoms with E-state index in [0.717, 1.165) is 63.2 Å². The van der Waals surface area contributed by atoms with E-state index in [4.69, 9.17) is 10.1 Å². The standard InChI is InChI=1S/C26H26N4OS/c1-5-19-10-9-18(14-27-19)23-20-11-12-21-26(32-22(28-21)13-17(4)31)25(20)30(29-23)24-15(2)7-6-8-16(24)3/h6-10,14H,5,11-13H2,1-4H3. The molecule has 0 N–H and O–H groups in total. The Labute approximate surface area is 192 Å². The lowest BCUT2D eigenvalue weighted by atomic mass is 9.95. The molecule has 0 amide bonds. The van der Waals surface area contributed by atoms with E-state index in [1.54, 1.807) is 18.3 Å². The van der Waals surface area contributed by atoms with Gasteiger partial charge in [-0.1, -0.05) is 25.1 Å². The van der Waals surface area contributed by atoms with Gasteiger partial charge in [0.1, 0.15) is 10.8 Å². The highest BCUT2D eigenvalue weighted by atomic mass is 32.1. The fraction of sp³-hybridized carbons (Fsp3) is 0.308. The summed E-state index contributed by atoms with van der Waals surface area (Å²) < 4.78 is 2.11. The number of para-hydroxylation sites is 1. The molecule has 1 aliphatic rings. The first-order valence-corrected chi connectivity index (χ1v) is 11.9. The van der Waals surface area contributed by atoms with E-state index in [2.05, 4.69) is 60.8 Å². The van der Waals surface area contributed by atoms with Gasteiger partial charge in [-0.25, -0.2) is 9.67 Å². The second-order valence-corrected chi connectivity index (χ2v) is 9.57. The number of aryl methyl sites for hydroxylation is 4. The number of hydrogen-bond donors (Lipinski definition) is 0. The number of hydrogen-bond acceptors (Lipinski definition) is 5. The number of carbonyl (C=O) groups excluding carboxylic acids is 1. The summed E-state index contributed by atoms with van der Waals surface area (Å²) in [5.74, 6) is 0.141. The first kappa shape index (κ1) is 20.8. The molecule has 162 valence electrons. The summed E-state index contributed by atoms with van der Waals surface area (Å²) in [6, 6.07) is 10.6. The number of fused-ring (bicyclic) bond motifs is 3. The van der Waals surface area contributed by atoms with Crippen molar-refractivity contribution in [2.75, 3.05) is 0 Å². The van der Waals surface area contributed by atoms with Gasteiger partial charge in [-0.05, 0) is 63.3 Å². The number of pyridine rings is 1. The molecule has 4 aromatic rings. The van der Waals surface area contributed by atoms with Gasteiger partial charge in [0.15, 0.2) is 0 Å². The number of rotatable bonds is 5. The number of thiazole rings is 1. The Balaban J connectivity index is 1.76. The summed E-state index contributed by atoms with van der Waals surface area (Å²) in [5, 5.41) is 6.06. The molecule has 0 saturated heterocycles. The van der Waals surface area contributed by atoms with Crippen LogP contribution in [0.5, 0.6) is 0 Å². The normalized spacial score (nSPS) is 12.5. The predicted molar refractivity (Wildman–Crippen MR) is 129 cm³/mol. The van der Waals surface area contributed by atoms with Crippen LogP contribution in [0.1, 0.15) is 46.9 Å². The summed E-state index contributed by atoms with van der Waals surface area (Å²) in [6.07, 6.45) is 4.99. The minimum Gasteiger partial charge on any atom is -0.300 e. The highest BCUT2D eigenvalue weighted by molar-refractivity contribution is 7.15. The highest BCUT2D eigenvalue weighted by Crippen LogP contribution is 2.43. The topological polar surface area (TPSA) is 60.7 Å². The second kappa shape index (κ2) is 8.10. The average molecular weight is 443 g/mol. The quantitative estimate of drug-likeness (QED) is 0.411. The van der Waals surface area contributed by atoms with Crippen LogP contribution >= 0.6 is 11.3 Å². The minimum absolute atomic E-state index is 0.141. The molecule has 3 aromatic heterocycles. The third kappa shape index (κ3) is 3.48. The van der Waals surface area contributed by atoms with Crippen LogP contribution in [-0.2, 0) is 30.5 Å². The molecular weight excluding hydrogens is 416 g/mol. The lowest BCUT2D eigenvalue weighted by Gasteiger charge is -2.16. The van der Waals surface area contributed by atoms with Crippen molar-refractivity contribution in [3.63, 3.8) is 0 Å². The summed E-state index contributed by atoms with van der Waals surface area (Å²) in [6.45, 7) is 8.00. The van der Waals surface area contributed by atoms with Crippen LogP contribution in [0.4, 0.5) is 0 Å². The number of carbonyl (C=O) groups is 1. The molecule has 0 saturated carbocycles. The molecule has 32 heavy (non-hydrogen) atoms. The molecule has 0 radical (unpaired) electrons. The van der Waals surface area contributed by atoms with Gasteiger partial charge in [0.05, 0.1) is 34.1 Å². The Hall–Kier alpha value is -3.12. The van der Waals surface area contributed by atoms with Crippen molar-refractivity contribution in [3.8, 4) is 27.5 Å². The second-order valence-electron chi connectivity index (χ2n) is 8.48. The Kier molecular flexibility index (Phi) is 5.25. The molecule has 1 aromatic carbocycles. The van der Waals surface area contributed by atoms with E-state index in [-0.39, 0.29) is 5.78 Å². The van der Waals surface area contributed by atoms with Gasteiger partial charge < -0.3 is 0 Å². The van der Waals surface area contributed by atoms with Gasteiger partial charge >= 0.3 is 0 Å². The van der Waals surface area contributed by atoms with Gasteiger partial charge in [0, 0.05) is 23.0 Å². The largest absolute Gasteiger partial charge is 0.300 e. The van der Waals surface area contributed by atoms with E-state index >= 15 is 0 Å². The van der Waals surface area contributed by atoms with Crippen molar-refractivity contribution in [1.82, 2.24) is 19.7 Å². The molecular formula is C26H26N4OS. The average Bonchev–Trinajstić information content (AvgIpc) is 3.34. The Bertz CT molecular complexity index is 1310. The first-order valence-electron chi connectivity index (χ1n) is 11.1. The van der Waals surface area contributed by atoms with Gasteiger partial charge in [-0.2, -0.15) is 5.10 Å². The summed E-state index contributed by atoms with van der Waals surface area (Å²) in [4.78, 5) is 22.3. The van der Waals surface area contributed by atoms with Crippen LogP contribution in [0.25, 0.3) is 27.5 Å². The summed E-state index contributed by atoms with van der Waals surface area (Å²) in [7, 11) is 0. The van der Waals surface area contributed by atoms with Crippen LogP contribution in [-0.4, -0.2) is 25.5 Å². The zero-order valence-electron chi connectivity index (χ0n) is 18.9. The fourth-order valence-corrected chi connectivity index (χ4v) is 5.75. The smallest absolute Gasteiger partial charge is 0.136 e. The first-order chi connectivity index (χ1) is 15.5. The summed E-state index contributed by atoms with van der Waals surface area (Å²) >= 11 is 1.63. The minimum atomic E-state index is 0.141. The van der Waals surface area contributed by atoms with Gasteiger partial charge in [0.25, 0.3) is 0 Å². The molecule has 0 aliphatic heterocycles. The zero-order valence-corrected chi connectivity index (χ0v) is 19.7. The maximum absolute atomic E-state index is 11.7. The molecule has 0 spiro atoms. The third-order valence-electron chi connectivity index (χ3n) is 6.06. The highest BCUT2D eigenvalue weighted by Gasteiger charge is 2.30. The molecule has 5 nitrogen and oxygen atoms in total. The number of Topliss-reactive ketones (excluding diaryl/α,β-unsaturated/α-hetero) is 1. The van der Waals surface area contributed by atoms with E-state index in [1.807, 2.05) is 6.20 Å². The van der Waals surface area contributed by atoms with E-state index in [0.29, 0.717) is 6.42 Å². The zero-order chi connectivity index (χ0) is 22.4. The number of nitrogens with zero attached hydrogens (tertiary/aromatic N) is 4. The SMILES string of the molecule is CCc1ccc(-c2nn(-c3c(C)cccc3C)c3c2CCc2nc(CC(C)=O)sc2-3)cn1. The Morgan fingerprint density at radius 3 is 2.56 bits per heavy atom. The van der Waals surface area contributed by atoms with Crippen LogP contribution in [0.15, 0.2) is 36.5 Å². The van der Waals surface area contributed by atoms with E-state index in [1.165, 1.54) is 16.7 Å². The molecule has 3 heterocycles.